The van der Waals surface area contributed by atoms with Crippen molar-refractivity contribution < 1.29 is 9.50 Å². The summed E-state index contributed by atoms with van der Waals surface area (Å²) in [5.41, 5.74) is 0. The largest absolute Gasteiger partial charge is 0.392 e. The second kappa shape index (κ2) is 18.2. The summed E-state index contributed by atoms with van der Waals surface area (Å²) in [5.74, 6) is 1.01. The molecule has 1 aliphatic rings. The number of hydrazine groups is 1. The van der Waals surface area contributed by atoms with Crippen molar-refractivity contribution in [3.8, 4) is 6.07 Å². The van der Waals surface area contributed by atoms with Gasteiger partial charge in [-0.15, -0.1) is 0 Å². The Morgan fingerprint density at radius 2 is 2.00 bits per heavy atom. The molecule has 0 saturated heterocycles. The van der Waals surface area contributed by atoms with Gasteiger partial charge in [-0.2, -0.15) is 5.26 Å². The molecule has 0 amide bonds. The lowest BCUT2D eigenvalue weighted by Gasteiger charge is -2.41. The molecule has 1 aliphatic carbocycles. The van der Waals surface area contributed by atoms with Crippen molar-refractivity contribution in [3.05, 3.63) is 36.2 Å². The number of hydrogen-bond donors (Lipinski definition) is 1. The summed E-state index contributed by atoms with van der Waals surface area (Å²) in [5, 5.41) is 24.1. The first-order valence-electron chi connectivity index (χ1n) is 13.4. The Morgan fingerprint density at radius 1 is 1.29 bits per heavy atom. The first-order chi connectivity index (χ1) is 18.0. The van der Waals surface area contributed by atoms with Crippen LogP contribution < -0.4 is 0 Å². The Labute approximate surface area is 234 Å². The molecule has 0 fully saturated rings. The van der Waals surface area contributed by atoms with E-state index < -0.39 is 0 Å². The van der Waals surface area contributed by atoms with E-state index in [2.05, 4.69) is 40.8 Å². The van der Waals surface area contributed by atoms with Crippen LogP contribution in [0.4, 0.5) is 4.39 Å². The predicted molar refractivity (Wildman–Crippen MR) is 160 cm³/mol. The molecule has 0 aromatic carbocycles. The normalized spacial score (nSPS) is 19.0. The zero-order valence-corrected chi connectivity index (χ0v) is 25.3. The number of halogens is 1. The van der Waals surface area contributed by atoms with E-state index in [9.17, 15) is 14.8 Å². The number of allylic oxidation sites excluding steroid dienone is 3. The third kappa shape index (κ3) is 11.7. The molecule has 38 heavy (non-hydrogen) atoms. The van der Waals surface area contributed by atoms with Crippen LogP contribution in [0.1, 0.15) is 47.0 Å². The maximum absolute atomic E-state index is 13.5. The summed E-state index contributed by atoms with van der Waals surface area (Å²) in [7, 11) is 7.94. The molecule has 214 valence electrons. The highest BCUT2D eigenvalue weighted by Gasteiger charge is 2.26. The van der Waals surface area contributed by atoms with Crippen molar-refractivity contribution in [1.82, 2.24) is 19.8 Å². The Morgan fingerprint density at radius 3 is 2.55 bits per heavy atom. The highest BCUT2D eigenvalue weighted by Crippen LogP contribution is 2.24. The highest BCUT2D eigenvalue weighted by atomic mass is 32.2. The van der Waals surface area contributed by atoms with Crippen molar-refractivity contribution >= 4 is 22.8 Å². The zero-order chi connectivity index (χ0) is 28.7. The van der Waals surface area contributed by atoms with E-state index in [1.165, 1.54) is 17.8 Å². The molecule has 0 aromatic rings. The number of likely N-dealkylation sites (N-methyl/N-ethyl adjacent to an activating group) is 1. The lowest BCUT2D eigenvalue weighted by Crippen LogP contribution is -2.54. The molecule has 0 spiro atoms. The first kappa shape index (κ1) is 33.8. The number of nitriles is 1. The Bertz CT molecular complexity index is 896. The lowest BCUT2D eigenvalue weighted by molar-refractivity contribution is 0.0232. The maximum atomic E-state index is 13.5. The third-order valence-corrected chi connectivity index (χ3v) is 7.27. The lowest BCUT2D eigenvalue weighted by atomic mass is 9.94. The number of amidine groups is 2. The van der Waals surface area contributed by atoms with Gasteiger partial charge in [0.25, 0.3) is 0 Å². The van der Waals surface area contributed by atoms with Crippen LogP contribution in [0.15, 0.2) is 46.2 Å². The van der Waals surface area contributed by atoms with E-state index in [4.69, 9.17) is 9.98 Å². The summed E-state index contributed by atoms with van der Waals surface area (Å²) >= 11 is 1.41. The average Bonchev–Trinajstić information content (AvgIpc) is 2.88. The molecule has 0 aromatic heterocycles. The minimum atomic E-state index is -0.335. The predicted octanol–water partition coefficient (Wildman–Crippen LogP) is 4.54. The summed E-state index contributed by atoms with van der Waals surface area (Å²) in [6.45, 7) is 10.2. The summed E-state index contributed by atoms with van der Waals surface area (Å²) in [6, 6.07) is 2.14. The van der Waals surface area contributed by atoms with Crippen LogP contribution in [0.3, 0.4) is 0 Å². The van der Waals surface area contributed by atoms with E-state index in [-0.39, 0.29) is 35.8 Å². The van der Waals surface area contributed by atoms with Crippen molar-refractivity contribution in [2.24, 2.45) is 15.9 Å². The quantitative estimate of drug-likeness (QED) is 0.147. The molecule has 8 nitrogen and oxygen atoms in total. The Balaban J connectivity index is 3.20. The summed E-state index contributed by atoms with van der Waals surface area (Å²) in [4.78, 5) is 14.0. The van der Waals surface area contributed by atoms with Gasteiger partial charge in [-0.05, 0) is 58.4 Å². The van der Waals surface area contributed by atoms with Crippen LogP contribution in [0.5, 0.6) is 0 Å². The number of aliphatic hydroxyl groups is 1. The number of aliphatic imine (C=N–C) groups is 2. The van der Waals surface area contributed by atoms with Crippen molar-refractivity contribution in [1.29, 1.82) is 5.26 Å². The standard InChI is InChI=1S/C28H48FN7OS/c1-9-18-31-27(12-11-19-34(7)21-26(37)10-2)36(33(5)6)23(4)35(8)28(38-20-17-30)32-22(3)24-13-15-25(29)16-14-24/h11-13,15-16,22-24,26,37H,9-10,14,18-21H2,1-8H3. The number of hydrogen-bond acceptors (Lipinski definition) is 7. The van der Waals surface area contributed by atoms with Gasteiger partial charge in [0.2, 0.25) is 0 Å². The molecule has 0 saturated carbocycles. The van der Waals surface area contributed by atoms with Gasteiger partial charge in [0.1, 0.15) is 17.8 Å². The topological polar surface area (TPSA) is 81.7 Å². The van der Waals surface area contributed by atoms with Gasteiger partial charge in [0, 0.05) is 46.7 Å². The number of rotatable bonds is 14. The smallest absolute Gasteiger partial charge is 0.161 e. The zero-order valence-electron chi connectivity index (χ0n) is 24.5. The van der Waals surface area contributed by atoms with Gasteiger partial charge in [-0.3, -0.25) is 15.0 Å². The molecule has 0 radical (unpaired) electrons. The molecule has 0 heterocycles. The third-order valence-electron chi connectivity index (χ3n) is 6.34. The molecule has 10 heteroatoms. The molecule has 0 aliphatic heterocycles. The minimum absolute atomic E-state index is 0.0682. The van der Waals surface area contributed by atoms with Crippen molar-refractivity contribution in [2.45, 2.75) is 65.3 Å². The Kier molecular flexibility index (Phi) is 16.2. The van der Waals surface area contributed by atoms with E-state index in [1.54, 1.807) is 6.08 Å². The van der Waals surface area contributed by atoms with Crippen LogP contribution in [0, 0.1) is 17.2 Å². The summed E-state index contributed by atoms with van der Waals surface area (Å²) in [6.07, 6.45) is 10.9. The second-order valence-corrected chi connectivity index (χ2v) is 10.7. The van der Waals surface area contributed by atoms with Gasteiger partial charge >= 0.3 is 0 Å². The maximum Gasteiger partial charge on any atom is 0.161 e. The fourth-order valence-corrected chi connectivity index (χ4v) is 4.74. The van der Waals surface area contributed by atoms with Crippen LogP contribution in [-0.4, -0.2) is 108 Å². The number of nitrogens with zero attached hydrogens (tertiary/aromatic N) is 7. The SMILES string of the molecule is CCCN=C(C=CCN(C)CC(O)CC)N(C(C)N(C)C(=NC(C)C1C=CC(F)=CC1)SCC#N)N(C)C. The second-order valence-electron chi connectivity index (χ2n) is 9.81. The van der Waals surface area contributed by atoms with Gasteiger partial charge in [0.15, 0.2) is 5.17 Å². The minimum Gasteiger partial charge on any atom is -0.392 e. The van der Waals surface area contributed by atoms with E-state index >= 15 is 0 Å². The number of aliphatic hydroxyl groups excluding tert-OH is 1. The van der Waals surface area contributed by atoms with Crippen LogP contribution in [0.25, 0.3) is 0 Å². The van der Waals surface area contributed by atoms with Crippen LogP contribution in [0.2, 0.25) is 0 Å². The molecule has 4 unspecified atom stereocenters. The van der Waals surface area contributed by atoms with Gasteiger partial charge in [0.05, 0.1) is 24.0 Å². The molecule has 1 N–H and O–H groups in total. The van der Waals surface area contributed by atoms with Crippen LogP contribution >= 0.6 is 11.8 Å². The van der Waals surface area contributed by atoms with Gasteiger partial charge in [-0.1, -0.05) is 37.8 Å². The average molecular weight is 550 g/mol. The summed E-state index contributed by atoms with van der Waals surface area (Å²) < 4.78 is 13.5. The fraction of sp³-hybridized carbons (Fsp3) is 0.679. The van der Waals surface area contributed by atoms with Gasteiger partial charge < -0.3 is 14.9 Å². The molecule has 4 atom stereocenters. The molecule has 0 bridgehead atoms. The van der Waals surface area contributed by atoms with E-state index in [0.29, 0.717) is 26.1 Å². The van der Waals surface area contributed by atoms with E-state index in [0.717, 1.165) is 23.8 Å². The highest BCUT2D eigenvalue weighted by molar-refractivity contribution is 8.13. The van der Waals surface area contributed by atoms with Crippen molar-refractivity contribution in [3.63, 3.8) is 0 Å². The molecular weight excluding hydrogens is 501 g/mol. The van der Waals surface area contributed by atoms with E-state index in [1.807, 2.05) is 59.2 Å². The number of thioether (sulfide) groups is 1. The van der Waals surface area contributed by atoms with Gasteiger partial charge in [-0.25, -0.2) is 9.40 Å². The van der Waals surface area contributed by atoms with Crippen molar-refractivity contribution in [2.75, 3.05) is 53.6 Å². The monoisotopic (exact) mass is 549 g/mol. The first-order valence-corrected chi connectivity index (χ1v) is 14.4. The molecular formula is C28H48FN7OS. The fourth-order valence-electron chi connectivity index (χ4n) is 3.95. The Hall–Kier alpha value is -2.19. The van der Waals surface area contributed by atoms with Crippen LogP contribution in [-0.2, 0) is 0 Å². The molecule has 1 rings (SSSR count).